The SMILES string of the molecule is [C-]#[N+]c1c(-c2ccccc2)n(CCO)c2c(=O)[nH]cnc12. The Morgan fingerprint density at radius 1 is 1.33 bits per heavy atom. The van der Waals surface area contributed by atoms with E-state index >= 15 is 0 Å². The van der Waals surface area contributed by atoms with Crippen molar-refractivity contribution in [3.05, 3.63) is 58.4 Å². The van der Waals surface area contributed by atoms with E-state index in [0.29, 0.717) is 22.4 Å². The van der Waals surface area contributed by atoms with Crippen molar-refractivity contribution in [1.29, 1.82) is 0 Å². The normalized spacial score (nSPS) is 10.7. The van der Waals surface area contributed by atoms with Crippen LogP contribution in [0.25, 0.3) is 27.1 Å². The number of fused-ring (bicyclic) bond motifs is 1. The summed E-state index contributed by atoms with van der Waals surface area (Å²) in [7, 11) is 0. The maximum absolute atomic E-state index is 12.1. The van der Waals surface area contributed by atoms with Crippen LogP contribution in [0, 0.1) is 6.57 Å². The minimum atomic E-state index is -0.319. The molecule has 6 nitrogen and oxygen atoms in total. The summed E-state index contributed by atoms with van der Waals surface area (Å²) >= 11 is 0. The summed E-state index contributed by atoms with van der Waals surface area (Å²) < 4.78 is 1.66. The molecule has 104 valence electrons. The van der Waals surface area contributed by atoms with Gasteiger partial charge in [0.2, 0.25) is 5.69 Å². The number of benzene rings is 1. The van der Waals surface area contributed by atoms with Gasteiger partial charge in [-0.3, -0.25) is 4.79 Å². The minimum absolute atomic E-state index is 0.130. The minimum Gasteiger partial charge on any atom is -0.395 e. The number of hydrogen-bond acceptors (Lipinski definition) is 3. The Hall–Kier alpha value is -2.91. The summed E-state index contributed by atoms with van der Waals surface area (Å²) in [5.74, 6) is 0. The highest BCUT2D eigenvalue weighted by Gasteiger charge is 2.21. The van der Waals surface area contributed by atoms with E-state index in [9.17, 15) is 9.90 Å². The topological polar surface area (TPSA) is 75.3 Å². The molecule has 21 heavy (non-hydrogen) atoms. The van der Waals surface area contributed by atoms with Crippen LogP contribution in [-0.2, 0) is 6.54 Å². The van der Waals surface area contributed by atoms with Gasteiger partial charge in [0.15, 0.2) is 0 Å². The van der Waals surface area contributed by atoms with Crippen molar-refractivity contribution >= 4 is 16.7 Å². The van der Waals surface area contributed by atoms with Crippen LogP contribution in [0.3, 0.4) is 0 Å². The van der Waals surface area contributed by atoms with Crippen LogP contribution in [0.5, 0.6) is 0 Å². The van der Waals surface area contributed by atoms with Gasteiger partial charge in [0.1, 0.15) is 11.0 Å². The molecule has 0 aliphatic carbocycles. The zero-order valence-corrected chi connectivity index (χ0v) is 11.1. The second kappa shape index (κ2) is 5.23. The molecule has 0 atom stereocenters. The third-order valence-electron chi connectivity index (χ3n) is 3.30. The molecule has 2 N–H and O–H groups in total. The monoisotopic (exact) mass is 280 g/mol. The van der Waals surface area contributed by atoms with E-state index in [1.165, 1.54) is 6.33 Å². The number of aliphatic hydroxyl groups excluding tert-OH is 1. The van der Waals surface area contributed by atoms with Gasteiger partial charge in [0, 0.05) is 6.54 Å². The van der Waals surface area contributed by atoms with Gasteiger partial charge in [-0.2, -0.15) is 0 Å². The number of H-pyrrole nitrogens is 1. The van der Waals surface area contributed by atoms with E-state index < -0.39 is 0 Å². The van der Waals surface area contributed by atoms with Gasteiger partial charge in [-0.15, -0.1) is 0 Å². The van der Waals surface area contributed by atoms with E-state index in [4.69, 9.17) is 6.57 Å². The van der Waals surface area contributed by atoms with Crippen molar-refractivity contribution < 1.29 is 5.11 Å². The first kappa shape index (κ1) is 13.1. The van der Waals surface area contributed by atoms with Crippen LogP contribution < -0.4 is 5.56 Å². The Morgan fingerprint density at radius 2 is 2.10 bits per heavy atom. The molecule has 3 rings (SSSR count). The highest BCUT2D eigenvalue weighted by molar-refractivity contribution is 5.99. The summed E-state index contributed by atoms with van der Waals surface area (Å²) in [5, 5.41) is 9.29. The number of aromatic amines is 1. The Balaban J connectivity index is 2.48. The lowest BCUT2D eigenvalue weighted by Crippen LogP contribution is -2.13. The van der Waals surface area contributed by atoms with E-state index in [1.54, 1.807) is 4.57 Å². The lowest BCUT2D eigenvalue weighted by atomic mass is 10.1. The highest BCUT2D eigenvalue weighted by atomic mass is 16.3. The number of aliphatic hydroxyl groups is 1. The van der Waals surface area contributed by atoms with Crippen LogP contribution in [0.4, 0.5) is 5.69 Å². The van der Waals surface area contributed by atoms with Gasteiger partial charge in [0.25, 0.3) is 5.56 Å². The maximum Gasteiger partial charge on any atom is 0.273 e. The lowest BCUT2D eigenvalue weighted by molar-refractivity contribution is 0.278. The van der Waals surface area contributed by atoms with E-state index in [0.717, 1.165) is 5.56 Å². The molecule has 6 heteroatoms. The summed E-state index contributed by atoms with van der Waals surface area (Å²) in [6, 6.07) is 9.34. The molecule has 0 bridgehead atoms. The van der Waals surface area contributed by atoms with Crippen LogP contribution in [0.2, 0.25) is 0 Å². The van der Waals surface area contributed by atoms with Crippen LogP contribution in [0.15, 0.2) is 41.5 Å². The van der Waals surface area contributed by atoms with Crippen molar-refractivity contribution in [3.63, 3.8) is 0 Å². The first-order chi connectivity index (χ1) is 10.3. The molecule has 0 saturated heterocycles. The predicted molar refractivity (Wildman–Crippen MR) is 79.1 cm³/mol. The second-order valence-corrected chi connectivity index (χ2v) is 4.48. The Labute approximate surface area is 120 Å². The number of hydrogen-bond donors (Lipinski definition) is 2. The first-order valence-corrected chi connectivity index (χ1v) is 6.41. The molecule has 0 amide bonds. The second-order valence-electron chi connectivity index (χ2n) is 4.48. The van der Waals surface area contributed by atoms with Gasteiger partial charge in [-0.05, 0) is 5.56 Å². The lowest BCUT2D eigenvalue weighted by Gasteiger charge is -2.09. The average molecular weight is 280 g/mol. The zero-order valence-electron chi connectivity index (χ0n) is 11.1. The Morgan fingerprint density at radius 3 is 2.76 bits per heavy atom. The van der Waals surface area contributed by atoms with Gasteiger partial charge < -0.3 is 14.7 Å². The van der Waals surface area contributed by atoms with Crippen molar-refractivity contribution in [2.24, 2.45) is 0 Å². The number of nitrogens with one attached hydrogen (secondary N) is 1. The van der Waals surface area contributed by atoms with Gasteiger partial charge >= 0.3 is 0 Å². The Bertz CT molecular complexity index is 888. The summed E-state index contributed by atoms with van der Waals surface area (Å²) in [4.78, 5) is 22.3. The van der Waals surface area contributed by atoms with Crippen molar-refractivity contribution in [2.75, 3.05) is 6.61 Å². The largest absolute Gasteiger partial charge is 0.395 e. The molecule has 0 saturated carbocycles. The van der Waals surface area contributed by atoms with E-state index in [2.05, 4.69) is 14.8 Å². The molecule has 0 fully saturated rings. The fourth-order valence-electron chi connectivity index (χ4n) is 2.49. The molecule has 2 heterocycles. The number of aromatic nitrogens is 3. The maximum atomic E-state index is 12.1. The smallest absolute Gasteiger partial charge is 0.273 e. The zero-order chi connectivity index (χ0) is 14.8. The standard InChI is InChI=1S/C15H12N4O2/c1-16-11-12-14(15(21)18-9-17-12)19(7-8-20)13(11)10-5-3-2-4-6-10/h2-6,9,20H,7-8H2,(H,17,18,21). The third kappa shape index (κ3) is 2.00. The molecule has 2 aromatic heterocycles. The van der Waals surface area contributed by atoms with Gasteiger partial charge in [0.05, 0.1) is 25.2 Å². The average Bonchev–Trinajstić information content (AvgIpc) is 2.83. The number of nitrogens with zero attached hydrogens (tertiary/aromatic N) is 3. The third-order valence-corrected chi connectivity index (χ3v) is 3.30. The molecular weight excluding hydrogens is 268 g/mol. The Kier molecular flexibility index (Phi) is 3.26. The van der Waals surface area contributed by atoms with Gasteiger partial charge in [-0.1, -0.05) is 30.3 Å². The van der Waals surface area contributed by atoms with Crippen molar-refractivity contribution in [3.8, 4) is 11.3 Å². The molecule has 3 aromatic rings. The summed E-state index contributed by atoms with van der Waals surface area (Å²) in [5.41, 5.74) is 2.11. The first-order valence-electron chi connectivity index (χ1n) is 6.41. The van der Waals surface area contributed by atoms with E-state index in [1.807, 2.05) is 30.3 Å². The number of rotatable bonds is 3. The fraction of sp³-hybridized carbons (Fsp3) is 0.133. The van der Waals surface area contributed by atoms with Crippen LogP contribution >= 0.6 is 0 Å². The molecule has 0 unspecified atom stereocenters. The van der Waals surface area contributed by atoms with Crippen molar-refractivity contribution in [2.45, 2.75) is 6.54 Å². The molecule has 1 aromatic carbocycles. The van der Waals surface area contributed by atoms with Crippen LogP contribution in [0.1, 0.15) is 0 Å². The molecule has 0 aliphatic heterocycles. The quantitative estimate of drug-likeness (QED) is 0.720. The predicted octanol–water partition coefficient (Wildman–Crippen LogP) is 1.93. The van der Waals surface area contributed by atoms with Crippen molar-refractivity contribution in [1.82, 2.24) is 14.5 Å². The highest BCUT2D eigenvalue weighted by Crippen LogP contribution is 2.37. The van der Waals surface area contributed by atoms with E-state index in [-0.39, 0.29) is 18.7 Å². The fourth-order valence-corrected chi connectivity index (χ4v) is 2.49. The molecule has 0 radical (unpaired) electrons. The molecule has 0 spiro atoms. The molecule has 0 aliphatic rings. The summed E-state index contributed by atoms with van der Waals surface area (Å²) in [6.07, 6.45) is 1.29. The van der Waals surface area contributed by atoms with Crippen LogP contribution in [-0.4, -0.2) is 26.2 Å². The summed E-state index contributed by atoms with van der Waals surface area (Å²) in [6.45, 7) is 7.53. The molecular formula is C15H12N4O2. The van der Waals surface area contributed by atoms with Gasteiger partial charge in [-0.25, -0.2) is 9.83 Å².